The molecule has 0 aromatic carbocycles. The molecule has 0 N–H and O–H groups in total. The molecule has 0 bridgehead atoms. The molecule has 2 saturated carbocycles. The second-order valence-corrected chi connectivity index (χ2v) is 5.07. The number of rotatable bonds is 0. The van der Waals surface area contributed by atoms with Gasteiger partial charge in [0.05, 0.1) is 24.3 Å². The summed E-state index contributed by atoms with van der Waals surface area (Å²) >= 11 is 0. The van der Waals surface area contributed by atoms with E-state index in [0.717, 1.165) is 19.3 Å². The summed E-state index contributed by atoms with van der Waals surface area (Å²) in [5, 5.41) is 37.3. The molecule has 0 aromatic heterocycles. The zero-order valence-electron chi connectivity index (χ0n) is 9.69. The van der Waals surface area contributed by atoms with Gasteiger partial charge in [0.25, 0.3) is 0 Å². The topological polar surface area (TPSA) is 95.2 Å². The van der Waals surface area contributed by atoms with E-state index >= 15 is 0 Å². The largest absolute Gasteiger partial charge is 0.196 e. The highest BCUT2D eigenvalue weighted by Crippen LogP contribution is 2.83. The van der Waals surface area contributed by atoms with Gasteiger partial charge in [-0.1, -0.05) is 19.8 Å². The Morgan fingerprint density at radius 3 is 1.71 bits per heavy atom. The van der Waals surface area contributed by atoms with Crippen LogP contribution in [-0.2, 0) is 0 Å². The fourth-order valence-electron chi connectivity index (χ4n) is 3.90. The summed E-state index contributed by atoms with van der Waals surface area (Å²) in [5.74, 6) is 0.0786. The normalized spacial score (nSPS) is 30.3. The van der Waals surface area contributed by atoms with Gasteiger partial charge in [-0.15, -0.1) is 0 Å². The van der Waals surface area contributed by atoms with Gasteiger partial charge in [-0.3, -0.25) is 0 Å². The van der Waals surface area contributed by atoms with Gasteiger partial charge in [0, 0.05) is 5.41 Å². The summed E-state index contributed by atoms with van der Waals surface area (Å²) in [5.41, 5.74) is -3.59. The van der Waals surface area contributed by atoms with E-state index in [0.29, 0.717) is 6.42 Å². The average molecular weight is 224 g/mol. The maximum absolute atomic E-state index is 9.31. The Morgan fingerprint density at radius 1 is 0.882 bits per heavy atom. The van der Waals surface area contributed by atoms with Crippen molar-refractivity contribution in [1.82, 2.24) is 0 Å². The summed E-state index contributed by atoms with van der Waals surface area (Å²) < 4.78 is 0. The van der Waals surface area contributed by atoms with Crippen LogP contribution in [0.4, 0.5) is 0 Å². The van der Waals surface area contributed by atoms with Crippen LogP contribution in [0.15, 0.2) is 0 Å². The molecule has 0 amide bonds. The van der Waals surface area contributed by atoms with Crippen LogP contribution in [0.5, 0.6) is 0 Å². The van der Waals surface area contributed by atoms with Crippen molar-refractivity contribution in [2.24, 2.45) is 22.2 Å². The highest BCUT2D eigenvalue weighted by Gasteiger charge is 2.92. The molecule has 1 atom stereocenters. The molecule has 0 aromatic rings. The smallest absolute Gasteiger partial charge is 0.184 e. The van der Waals surface area contributed by atoms with Crippen LogP contribution in [0, 0.1) is 67.5 Å². The summed E-state index contributed by atoms with van der Waals surface area (Å²) in [6, 6.07) is 7.92. The van der Waals surface area contributed by atoms with Crippen LogP contribution in [0.2, 0.25) is 0 Å². The van der Waals surface area contributed by atoms with Crippen LogP contribution in [0.1, 0.15) is 32.6 Å². The van der Waals surface area contributed by atoms with E-state index in [9.17, 15) is 21.0 Å². The molecular weight excluding hydrogens is 212 g/mol. The molecule has 2 fully saturated rings. The Kier molecular flexibility index (Phi) is 2.17. The van der Waals surface area contributed by atoms with Crippen molar-refractivity contribution in [3.63, 3.8) is 0 Å². The van der Waals surface area contributed by atoms with Gasteiger partial charge in [0.15, 0.2) is 10.8 Å². The first kappa shape index (κ1) is 11.4. The number of hydrogen-bond donors (Lipinski definition) is 0. The lowest BCUT2D eigenvalue weighted by Gasteiger charge is -2.30. The Bertz CT molecular complexity index is 454. The SMILES string of the molecule is C[C@@H]1CCCCC12C(C#N)(C#N)C2(C#N)C#N. The molecule has 0 heterocycles. The van der Waals surface area contributed by atoms with Crippen molar-refractivity contribution >= 4 is 0 Å². The molecule has 84 valence electrons. The molecule has 4 nitrogen and oxygen atoms in total. The van der Waals surface area contributed by atoms with Crippen molar-refractivity contribution in [2.75, 3.05) is 0 Å². The van der Waals surface area contributed by atoms with Gasteiger partial charge in [0.2, 0.25) is 0 Å². The van der Waals surface area contributed by atoms with E-state index in [1.54, 1.807) is 0 Å². The fourth-order valence-corrected chi connectivity index (χ4v) is 3.90. The maximum atomic E-state index is 9.31. The first-order chi connectivity index (χ1) is 8.12. The molecule has 2 aliphatic rings. The molecule has 2 rings (SSSR count). The minimum absolute atomic E-state index is 0.0786. The predicted molar refractivity (Wildman–Crippen MR) is 57.4 cm³/mol. The Labute approximate surface area is 101 Å². The average Bonchev–Trinajstić information content (AvgIpc) is 2.89. The zero-order chi connectivity index (χ0) is 12.7. The minimum atomic E-state index is -1.43. The van der Waals surface area contributed by atoms with Crippen molar-refractivity contribution in [1.29, 1.82) is 21.0 Å². The van der Waals surface area contributed by atoms with Crippen LogP contribution >= 0.6 is 0 Å². The summed E-state index contributed by atoms with van der Waals surface area (Å²) in [6.45, 7) is 1.96. The molecule has 2 aliphatic carbocycles. The van der Waals surface area contributed by atoms with Crippen molar-refractivity contribution < 1.29 is 0 Å². The third kappa shape index (κ3) is 0.833. The van der Waals surface area contributed by atoms with Crippen LogP contribution in [0.3, 0.4) is 0 Å². The standard InChI is InChI=1S/C13H12N4/c1-10-4-2-3-5-13(10)11(6-14,7-15)12(13,8-16)9-17/h10H,2-5H2,1H3/t10-/m1/s1. The monoisotopic (exact) mass is 224 g/mol. The highest BCUT2D eigenvalue weighted by atomic mass is 14.9. The van der Waals surface area contributed by atoms with Crippen LogP contribution in [0.25, 0.3) is 0 Å². The van der Waals surface area contributed by atoms with E-state index in [-0.39, 0.29) is 5.92 Å². The number of nitrogens with zero attached hydrogens (tertiary/aromatic N) is 4. The second-order valence-electron chi connectivity index (χ2n) is 5.07. The molecule has 0 radical (unpaired) electrons. The fraction of sp³-hybridized carbons (Fsp3) is 0.692. The molecule has 0 unspecified atom stereocenters. The van der Waals surface area contributed by atoms with Crippen LogP contribution < -0.4 is 0 Å². The zero-order valence-corrected chi connectivity index (χ0v) is 9.69. The van der Waals surface area contributed by atoms with Gasteiger partial charge in [0.1, 0.15) is 0 Å². The van der Waals surface area contributed by atoms with E-state index < -0.39 is 16.2 Å². The van der Waals surface area contributed by atoms with E-state index in [4.69, 9.17) is 0 Å². The quantitative estimate of drug-likeness (QED) is 0.630. The minimum Gasteiger partial charge on any atom is -0.196 e. The molecular formula is C13H12N4. The third-order valence-corrected chi connectivity index (χ3v) is 4.81. The molecule has 1 spiro atoms. The van der Waals surface area contributed by atoms with Gasteiger partial charge in [-0.05, 0) is 18.8 Å². The molecule has 4 heteroatoms. The van der Waals surface area contributed by atoms with Gasteiger partial charge < -0.3 is 0 Å². The Hall–Kier alpha value is -2.04. The predicted octanol–water partition coefficient (Wildman–Crippen LogP) is 2.26. The maximum Gasteiger partial charge on any atom is 0.184 e. The van der Waals surface area contributed by atoms with Crippen LogP contribution in [-0.4, -0.2) is 0 Å². The first-order valence-electron chi connectivity index (χ1n) is 5.77. The Balaban J connectivity index is 2.65. The van der Waals surface area contributed by atoms with E-state index in [2.05, 4.69) is 0 Å². The lowest BCUT2D eigenvalue weighted by Crippen LogP contribution is -2.26. The van der Waals surface area contributed by atoms with Gasteiger partial charge >= 0.3 is 0 Å². The van der Waals surface area contributed by atoms with Crippen molar-refractivity contribution in [3.8, 4) is 24.3 Å². The van der Waals surface area contributed by atoms with Crippen molar-refractivity contribution in [2.45, 2.75) is 32.6 Å². The van der Waals surface area contributed by atoms with Gasteiger partial charge in [-0.25, -0.2) is 0 Å². The summed E-state index contributed by atoms with van der Waals surface area (Å²) in [6.07, 6.45) is 3.45. The molecule has 17 heavy (non-hydrogen) atoms. The molecule has 0 aliphatic heterocycles. The lowest BCUT2D eigenvalue weighted by molar-refractivity contribution is 0.189. The summed E-state index contributed by atoms with van der Waals surface area (Å²) in [4.78, 5) is 0. The number of hydrogen-bond acceptors (Lipinski definition) is 4. The first-order valence-corrected chi connectivity index (χ1v) is 5.77. The third-order valence-electron chi connectivity index (χ3n) is 4.81. The highest BCUT2D eigenvalue weighted by molar-refractivity contribution is 5.56. The van der Waals surface area contributed by atoms with E-state index in [1.165, 1.54) is 0 Å². The van der Waals surface area contributed by atoms with Crippen molar-refractivity contribution in [3.05, 3.63) is 0 Å². The van der Waals surface area contributed by atoms with Gasteiger partial charge in [-0.2, -0.15) is 21.0 Å². The molecule has 0 saturated heterocycles. The second kappa shape index (κ2) is 3.23. The summed E-state index contributed by atoms with van der Waals surface area (Å²) in [7, 11) is 0. The van der Waals surface area contributed by atoms with E-state index in [1.807, 2.05) is 31.2 Å². The lowest BCUT2D eigenvalue weighted by atomic mass is 9.71. The number of nitriles is 4. The Morgan fingerprint density at radius 2 is 1.35 bits per heavy atom.